The van der Waals surface area contributed by atoms with Gasteiger partial charge in [0.1, 0.15) is 0 Å². The number of methoxy groups -OCH3 is 1. The van der Waals surface area contributed by atoms with Crippen molar-refractivity contribution in [2.75, 3.05) is 20.2 Å². The molecule has 0 aromatic heterocycles. The van der Waals surface area contributed by atoms with Crippen LogP contribution in [0.4, 0.5) is 0 Å². The number of piperidine rings is 1. The lowest BCUT2D eigenvalue weighted by molar-refractivity contribution is -0.123. The van der Waals surface area contributed by atoms with Crippen molar-refractivity contribution in [2.24, 2.45) is 5.92 Å². The maximum absolute atomic E-state index is 12.8. The SMILES string of the molecule is COC1CCCCC1NS(=O)(=O)c1ccc(CNC(=O)C2CC3CNCCC3N2)cc1. The van der Waals surface area contributed by atoms with Gasteiger partial charge in [-0.15, -0.1) is 0 Å². The number of carbonyl (C=O) groups excluding carboxylic acids is 1. The predicted octanol–water partition coefficient (Wildman–Crippen LogP) is 0.879. The Morgan fingerprint density at radius 2 is 1.94 bits per heavy atom. The van der Waals surface area contributed by atoms with Crippen LogP contribution in [0.3, 0.4) is 0 Å². The molecule has 4 N–H and O–H groups in total. The molecule has 1 amide bonds. The zero-order valence-electron chi connectivity index (χ0n) is 18.1. The Morgan fingerprint density at radius 1 is 1.16 bits per heavy atom. The number of fused-ring (bicyclic) bond motifs is 1. The van der Waals surface area contributed by atoms with Crippen molar-refractivity contribution in [1.82, 2.24) is 20.7 Å². The fourth-order valence-electron chi connectivity index (χ4n) is 5.08. The molecule has 9 heteroatoms. The molecule has 5 atom stereocenters. The Hall–Kier alpha value is -1.52. The van der Waals surface area contributed by atoms with Gasteiger partial charge in [0.25, 0.3) is 0 Å². The van der Waals surface area contributed by atoms with Gasteiger partial charge in [0.2, 0.25) is 15.9 Å². The highest BCUT2D eigenvalue weighted by Crippen LogP contribution is 2.25. The number of benzene rings is 1. The highest BCUT2D eigenvalue weighted by molar-refractivity contribution is 7.89. The van der Waals surface area contributed by atoms with Crippen molar-refractivity contribution in [3.8, 4) is 0 Å². The third-order valence-corrected chi connectivity index (χ3v) is 8.40. The number of carbonyl (C=O) groups is 1. The third-order valence-electron chi connectivity index (χ3n) is 6.89. The van der Waals surface area contributed by atoms with Gasteiger partial charge in [0.05, 0.1) is 17.0 Å². The maximum Gasteiger partial charge on any atom is 0.240 e. The zero-order valence-corrected chi connectivity index (χ0v) is 18.9. The summed E-state index contributed by atoms with van der Waals surface area (Å²) in [6.45, 7) is 2.35. The van der Waals surface area contributed by atoms with Gasteiger partial charge in [0.15, 0.2) is 0 Å². The van der Waals surface area contributed by atoms with E-state index in [1.807, 2.05) is 0 Å². The summed E-state index contributed by atoms with van der Waals surface area (Å²) in [6.07, 6.45) is 5.55. The minimum absolute atomic E-state index is 0.00988. The van der Waals surface area contributed by atoms with E-state index < -0.39 is 10.0 Å². The highest BCUT2D eigenvalue weighted by atomic mass is 32.2. The second-order valence-corrected chi connectivity index (χ2v) is 10.7. The van der Waals surface area contributed by atoms with E-state index in [0.29, 0.717) is 18.5 Å². The van der Waals surface area contributed by atoms with E-state index in [0.717, 1.165) is 57.2 Å². The summed E-state index contributed by atoms with van der Waals surface area (Å²) >= 11 is 0. The summed E-state index contributed by atoms with van der Waals surface area (Å²) in [4.78, 5) is 12.8. The smallest absolute Gasteiger partial charge is 0.240 e. The summed E-state index contributed by atoms with van der Waals surface area (Å²) in [6, 6.07) is 6.80. The van der Waals surface area contributed by atoms with Crippen LogP contribution in [0.25, 0.3) is 0 Å². The number of hydrogen-bond donors (Lipinski definition) is 4. The van der Waals surface area contributed by atoms with Crippen LogP contribution in [0.2, 0.25) is 0 Å². The van der Waals surface area contributed by atoms with Gasteiger partial charge in [0, 0.05) is 25.7 Å². The number of ether oxygens (including phenoxy) is 1. The monoisotopic (exact) mass is 450 g/mol. The molecule has 0 spiro atoms. The van der Waals surface area contributed by atoms with E-state index in [1.165, 1.54) is 0 Å². The van der Waals surface area contributed by atoms with Gasteiger partial charge >= 0.3 is 0 Å². The maximum atomic E-state index is 12.8. The molecule has 4 rings (SSSR count). The fourth-order valence-corrected chi connectivity index (χ4v) is 6.38. The van der Waals surface area contributed by atoms with Crippen molar-refractivity contribution in [3.05, 3.63) is 29.8 Å². The predicted molar refractivity (Wildman–Crippen MR) is 118 cm³/mol. The minimum atomic E-state index is -3.61. The van der Waals surface area contributed by atoms with Gasteiger partial charge in [-0.05, 0) is 62.4 Å². The molecule has 3 fully saturated rings. The Bertz CT molecular complexity index is 847. The Balaban J connectivity index is 1.30. The number of rotatable bonds is 7. The molecule has 0 radical (unpaired) electrons. The van der Waals surface area contributed by atoms with Crippen molar-refractivity contribution >= 4 is 15.9 Å². The molecule has 172 valence electrons. The van der Waals surface area contributed by atoms with Crippen LogP contribution >= 0.6 is 0 Å². The van der Waals surface area contributed by atoms with Crippen molar-refractivity contribution in [1.29, 1.82) is 0 Å². The molecular weight excluding hydrogens is 416 g/mol. The van der Waals surface area contributed by atoms with Crippen LogP contribution in [-0.2, 0) is 26.1 Å². The third kappa shape index (κ3) is 5.46. The Labute approximate surface area is 184 Å². The minimum Gasteiger partial charge on any atom is -0.380 e. The lowest BCUT2D eigenvalue weighted by Gasteiger charge is -2.30. The Morgan fingerprint density at radius 3 is 2.68 bits per heavy atom. The van der Waals surface area contributed by atoms with Crippen LogP contribution in [0.1, 0.15) is 44.1 Å². The molecule has 1 aliphatic carbocycles. The topological polar surface area (TPSA) is 109 Å². The molecule has 31 heavy (non-hydrogen) atoms. The molecular formula is C22H34N4O4S. The summed E-state index contributed by atoms with van der Waals surface area (Å²) in [5.74, 6) is 0.527. The van der Waals surface area contributed by atoms with Crippen LogP contribution in [0, 0.1) is 5.92 Å². The lowest BCUT2D eigenvalue weighted by Crippen LogP contribution is -2.45. The largest absolute Gasteiger partial charge is 0.380 e. The molecule has 5 unspecified atom stereocenters. The molecule has 2 aliphatic heterocycles. The van der Waals surface area contributed by atoms with E-state index in [2.05, 4.69) is 20.7 Å². The van der Waals surface area contributed by atoms with E-state index >= 15 is 0 Å². The molecule has 1 aromatic rings. The molecule has 0 bridgehead atoms. The number of sulfonamides is 1. The summed E-state index contributed by atoms with van der Waals surface area (Å²) in [5.41, 5.74) is 0.872. The number of amides is 1. The fraction of sp³-hybridized carbons (Fsp3) is 0.682. The van der Waals surface area contributed by atoms with E-state index in [-0.39, 0.29) is 29.0 Å². The molecule has 8 nitrogen and oxygen atoms in total. The van der Waals surface area contributed by atoms with Crippen LogP contribution < -0.4 is 20.7 Å². The number of nitrogens with one attached hydrogen (secondary N) is 4. The summed E-state index contributed by atoms with van der Waals surface area (Å²) < 4.78 is 33.8. The first kappa shape index (κ1) is 22.7. The van der Waals surface area contributed by atoms with Crippen LogP contribution in [0.15, 0.2) is 29.2 Å². The second-order valence-electron chi connectivity index (χ2n) is 8.96. The van der Waals surface area contributed by atoms with E-state index in [1.54, 1.807) is 31.4 Å². The summed E-state index contributed by atoms with van der Waals surface area (Å²) in [5, 5.41) is 9.83. The van der Waals surface area contributed by atoms with Crippen molar-refractivity contribution in [2.45, 2.75) is 74.2 Å². The van der Waals surface area contributed by atoms with Gasteiger partial charge in [-0.1, -0.05) is 25.0 Å². The average molecular weight is 451 g/mol. The Kier molecular flexibility index (Phi) is 7.28. The zero-order chi connectivity index (χ0) is 21.8. The highest BCUT2D eigenvalue weighted by Gasteiger charge is 2.38. The first-order chi connectivity index (χ1) is 15.0. The first-order valence-corrected chi connectivity index (χ1v) is 12.8. The van der Waals surface area contributed by atoms with Gasteiger partial charge in [-0.3, -0.25) is 4.79 Å². The quantitative estimate of drug-likeness (QED) is 0.491. The molecule has 1 saturated carbocycles. The second kappa shape index (κ2) is 9.95. The van der Waals surface area contributed by atoms with E-state index in [4.69, 9.17) is 4.74 Å². The molecule has 2 heterocycles. The van der Waals surface area contributed by atoms with Crippen LogP contribution in [0.5, 0.6) is 0 Å². The van der Waals surface area contributed by atoms with E-state index in [9.17, 15) is 13.2 Å². The van der Waals surface area contributed by atoms with Crippen LogP contribution in [-0.4, -0.2) is 58.8 Å². The van der Waals surface area contributed by atoms with Gasteiger partial charge < -0.3 is 20.7 Å². The molecule has 3 aliphatic rings. The number of hydrogen-bond acceptors (Lipinski definition) is 6. The average Bonchev–Trinajstić information content (AvgIpc) is 3.22. The lowest BCUT2D eigenvalue weighted by atomic mass is 9.93. The van der Waals surface area contributed by atoms with Gasteiger partial charge in [-0.25, -0.2) is 13.1 Å². The van der Waals surface area contributed by atoms with Crippen molar-refractivity contribution in [3.63, 3.8) is 0 Å². The van der Waals surface area contributed by atoms with Gasteiger partial charge in [-0.2, -0.15) is 0 Å². The summed E-state index contributed by atoms with van der Waals surface area (Å²) in [7, 11) is -1.98. The van der Waals surface area contributed by atoms with Crippen molar-refractivity contribution < 1.29 is 17.9 Å². The molecule has 1 aromatic carbocycles. The normalized spacial score (nSPS) is 31.2. The first-order valence-electron chi connectivity index (χ1n) is 11.3. The standard InChI is InChI=1S/C22H34N4O4S/c1-30-21-5-3-2-4-19(21)26-31(28,29)17-8-6-15(7-9-17)13-24-22(27)20-12-16-14-23-11-10-18(16)25-20/h6-9,16,18-21,23,25-26H,2-5,10-14H2,1H3,(H,24,27). The molecule has 2 saturated heterocycles.